The van der Waals surface area contributed by atoms with Gasteiger partial charge < -0.3 is 5.11 Å². The molecule has 2 aromatic rings. The van der Waals surface area contributed by atoms with Crippen LogP contribution >= 0.6 is 22.9 Å². The zero-order valence-corrected chi connectivity index (χ0v) is 16.9. The first kappa shape index (κ1) is 20.2. The molecule has 0 unspecified atom stereocenters. The van der Waals surface area contributed by atoms with E-state index in [-0.39, 0.29) is 20.1 Å². The number of halogens is 1. The zero-order valence-electron chi connectivity index (χ0n) is 14.5. The van der Waals surface area contributed by atoms with Crippen molar-refractivity contribution in [1.29, 1.82) is 0 Å². The molecule has 0 spiro atoms. The Hall–Kier alpha value is -1.59. The van der Waals surface area contributed by atoms with E-state index in [0.29, 0.717) is 12.8 Å². The fourth-order valence-corrected chi connectivity index (χ4v) is 5.69. The van der Waals surface area contributed by atoms with Gasteiger partial charge in [0.1, 0.15) is 0 Å². The van der Waals surface area contributed by atoms with Crippen molar-refractivity contribution in [3.05, 3.63) is 34.9 Å². The lowest BCUT2D eigenvalue weighted by atomic mass is 9.93. The summed E-state index contributed by atoms with van der Waals surface area (Å²) < 4.78 is 26.5. The van der Waals surface area contributed by atoms with Crippen LogP contribution in [0.25, 0.3) is 0 Å². The number of rotatable bonds is 5. The molecule has 1 aromatic carbocycles. The minimum Gasteiger partial charge on any atom is -0.391 e. The fraction of sp³-hybridized carbons (Fsp3) is 0.438. The van der Waals surface area contributed by atoms with Gasteiger partial charge >= 0.3 is 0 Å². The van der Waals surface area contributed by atoms with Crippen LogP contribution < -0.4 is 5.32 Å². The highest BCUT2D eigenvalue weighted by Crippen LogP contribution is 2.29. The molecule has 0 radical (unpaired) electrons. The van der Waals surface area contributed by atoms with Crippen molar-refractivity contribution in [2.24, 2.45) is 0 Å². The molecule has 3 rings (SSSR count). The van der Waals surface area contributed by atoms with Gasteiger partial charge in [-0.05, 0) is 25.0 Å². The predicted molar refractivity (Wildman–Crippen MR) is 103 cm³/mol. The number of carbonyl (C=O) groups is 1. The largest absolute Gasteiger partial charge is 0.391 e. The first-order valence-corrected chi connectivity index (χ1v) is 11.0. The van der Waals surface area contributed by atoms with Gasteiger partial charge in [-0.25, -0.2) is 8.42 Å². The molecule has 11 heteroatoms. The summed E-state index contributed by atoms with van der Waals surface area (Å²) >= 11 is 6.74. The van der Waals surface area contributed by atoms with Crippen LogP contribution in [-0.2, 0) is 10.0 Å². The Morgan fingerprint density at radius 2 is 2.00 bits per heavy atom. The van der Waals surface area contributed by atoms with Crippen LogP contribution in [0.4, 0.5) is 5.13 Å². The van der Waals surface area contributed by atoms with E-state index in [4.69, 9.17) is 11.6 Å². The molecule has 1 heterocycles. The number of nitrogens with zero attached hydrogens (tertiary/aromatic N) is 3. The number of aromatic nitrogens is 2. The van der Waals surface area contributed by atoms with E-state index < -0.39 is 28.1 Å². The van der Waals surface area contributed by atoms with Crippen molar-refractivity contribution in [2.45, 2.75) is 42.2 Å². The Morgan fingerprint density at radius 1 is 1.30 bits per heavy atom. The van der Waals surface area contributed by atoms with E-state index >= 15 is 0 Å². The highest BCUT2D eigenvalue weighted by atomic mass is 35.5. The van der Waals surface area contributed by atoms with E-state index in [9.17, 15) is 18.3 Å². The highest BCUT2D eigenvalue weighted by Gasteiger charge is 2.36. The summed E-state index contributed by atoms with van der Waals surface area (Å²) in [6.07, 6.45) is 2.19. The van der Waals surface area contributed by atoms with Gasteiger partial charge in [-0.3, -0.25) is 10.1 Å². The summed E-state index contributed by atoms with van der Waals surface area (Å²) in [5, 5.41) is 20.4. The normalized spacial score (nSPS) is 20.6. The number of hydrogen-bond acceptors (Lipinski definition) is 7. The Kier molecular flexibility index (Phi) is 6.11. The van der Waals surface area contributed by atoms with Crippen molar-refractivity contribution >= 4 is 44.0 Å². The van der Waals surface area contributed by atoms with Crippen molar-refractivity contribution in [1.82, 2.24) is 14.5 Å². The van der Waals surface area contributed by atoms with Crippen LogP contribution in [0.2, 0.25) is 5.02 Å². The van der Waals surface area contributed by atoms with Crippen LogP contribution in [0.1, 0.15) is 36.0 Å². The number of carbonyl (C=O) groups excluding carboxylic acids is 1. The van der Waals surface area contributed by atoms with Crippen LogP contribution in [0.5, 0.6) is 0 Å². The Labute approximate surface area is 166 Å². The second-order valence-electron chi connectivity index (χ2n) is 6.25. The van der Waals surface area contributed by atoms with Gasteiger partial charge in [0.25, 0.3) is 15.9 Å². The molecule has 1 amide bonds. The smallest absolute Gasteiger partial charge is 0.272 e. The van der Waals surface area contributed by atoms with Crippen LogP contribution in [-0.4, -0.2) is 53.1 Å². The number of amides is 1. The summed E-state index contributed by atoms with van der Waals surface area (Å²) in [6, 6.07) is 6.01. The number of nitrogens with one attached hydrogen (secondary N) is 1. The fourth-order valence-electron chi connectivity index (χ4n) is 2.99. The molecule has 2 atom stereocenters. The third-order valence-electron chi connectivity index (χ3n) is 4.51. The third-order valence-corrected chi connectivity index (χ3v) is 7.90. The predicted octanol–water partition coefficient (Wildman–Crippen LogP) is 2.37. The quantitative estimate of drug-likeness (QED) is 0.704. The van der Waals surface area contributed by atoms with Crippen molar-refractivity contribution in [2.75, 3.05) is 12.4 Å². The molecule has 0 aliphatic heterocycles. The molecule has 1 aliphatic carbocycles. The van der Waals surface area contributed by atoms with E-state index in [1.54, 1.807) is 24.3 Å². The monoisotopic (exact) mass is 430 g/mol. The summed E-state index contributed by atoms with van der Waals surface area (Å²) in [5.74, 6) is -0.503. The molecule has 1 aromatic heterocycles. The van der Waals surface area contributed by atoms with Gasteiger partial charge in [-0.2, -0.15) is 4.31 Å². The zero-order chi connectivity index (χ0) is 19.6. The number of sulfonamides is 1. The summed E-state index contributed by atoms with van der Waals surface area (Å²) in [7, 11) is -2.49. The molecule has 27 heavy (non-hydrogen) atoms. The second-order valence-corrected chi connectivity index (χ2v) is 9.80. The Bertz CT molecular complexity index is 934. The minimum absolute atomic E-state index is 0.0519. The summed E-state index contributed by atoms with van der Waals surface area (Å²) in [6.45, 7) is 0. The summed E-state index contributed by atoms with van der Waals surface area (Å²) in [5.41, 5.74) is 0.251. The standard InChI is InChI=1S/C16H19ClN4O4S2/c1-21(12-8-4-5-9-13(12)22)27(24,25)16-20-19-15(26-16)18-14(23)10-6-2-3-7-11(10)17/h2-3,6-7,12-13,22H,4-5,8-9H2,1H3,(H,18,19,23)/t12-,13-/m1/s1. The SMILES string of the molecule is CN([C@@H]1CCCC[C@H]1O)S(=O)(=O)c1nnc(NC(=O)c2ccccc2Cl)s1. The van der Waals surface area contributed by atoms with Gasteiger partial charge in [0.05, 0.1) is 22.7 Å². The second kappa shape index (κ2) is 8.19. The maximum absolute atomic E-state index is 12.8. The molecule has 0 bridgehead atoms. The topological polar surface area (TPSA) is 112 Å². The lowest BCUT2D eigenvalue weighted by molar-refractivity contribution is 0.0638. The number of likely N-dealkylation sites (N-methyl/N-ethyl adjacent to an activating group) is 1. The van der Waals surface area contributed by atoms with Gasteiger partial charge in [0.15, 0.2) is 0 Å². The molecule has 146 valence electrons. The van der Waals surface area contributed by atoms with Crippen LogP contribution in [0, 0.1) is 0 Å². The molecule has 2 N–H and O–H groups in total. The van der Waals surface area contributed by atoms with E-state index in [1.165, 1.54) is 7.05 Å². The number of aliphatic hydroxyl groups is 1. The molecule has 0 saturated heterocycles. The Morgan fingerprint density at radius 3 is 2.70 bits per heavy atom. The molecular weight excluding hydrogens is 412 g/mol. The lowest BCUT2D eigenvalue weighted by Crippen LogP contribution is -2.46. The lowest BCUT2D eigenvalue weighted by Gasteiger charge is -2.33. The first-order chi connectivity index (χ1) is 12.8. The van der Waals surface area contributed by atoms with Crippen molar-refractivity contribution < 1.29 is 18.3 Å². The maximum Gasteiger partial charge on any atom is 0.272 e. The van der Waals surface area contributed by atoms with Crippen LogP contribution in [0.3, 0.4) is 0 Å². The molecule has 1 saturated carbocycles. The number of aliphatic hydroxyl groups excluding tert-OH is 1. The maximum atomic E-state index is 12.8. The molecule has 1 aliphatic rings. The highest BCUT2D eigenvalue weighted by molar-refractivity contribution is 7.91. The van der Waals surface area contributed by atoms with Gasteiger partial charge in [-0.15, -0.1) is 10.2 Å². The van der Waals surface area contributed by atoms with Gasteiger partial charge in [-0.1, -0.05) is 47.9 Å². The number of hydrogen-bond donors (Lipinski definition) is 2. The van der Waals surface area contributed by atoms with Gasteiger partial charge in [0.2, 0.25) is 9.47 Å². The van der Waals surface area contributed by atoms with Crippen LogP contribution in [0.15, 0.2) is 28.6 Å². The Balaban J connectivity index is 1.76. The molecule has 1 fully saturated rings. The molecule has 8 nitrogen and oxygen atoms in total. The number of benzene rings is 1. The number of anilines is 1. The van der Waals surface area contributed by atoms with E-state index in [1.807, 2.05) is 0 Å². The summed E-state index contributed by atoms with van der Waals surface area (Å²) in [4.78, 5) is 12.3. The van der Waals surface area contributed by atoms with Gasteiger partial charge in [0, 0.05) is 7.05 Å². The van der Waals surface area contributed by atoms with E-state index in [0.717, 1.165) is 28.5 Å². The van der Waals surface area contributed by atoms with Crippen molar-refractivity contribution in [3.8, 4) is 0 Å². The van der Waals surface area contributed by atoms with Crippen molar-refractivity contribution in [3.63, 3.8) is 0 Å². The third kappa shape index (κ3) is 4.30. The minimum atomic E-state index is -3.92. The first-order valence-electron chi connectivity index (χ1n) is 8.36. The average Bonchev–Trinajstić information content (AvgIpc) is 3.11. The van der Waals surface area contributed by atoms with E-state index in [2.05, 4.69) is 15.5 Å². The molecular formula is C16H19ClN4O4S2. The average molecular weight is 431 g/mol.